The minimum absolute atomic E-state index is 0.0845. The molecular formula is C14H21NO5S. The molecule has 0 unspecified atom stereocenters. The predicted octanol–water partition coefficient (Wildman–Crippen LogP) is 2.17. The molecule has 1 aromatic rings. The molecular weight excluding hydrogens is 294 g/mol. The lowest BCUT2D eigenvalue weighted by atomic mass is 10.3. The number of hydrogen-bond donors (Lipinski definition) is 1. The van der Waals surface area contributed by atoms with Crippen molar-refractivity contribution < 1.29 is 22.7 Å². The number of sulfonamides is 1. The first kappa shape index (κ1) is 17.3. The zero-order chi connectivity index (χ0) is 15.7. The monoisotopic (exact) mass is 315 g/mol. The van der Waals surface area contributed by atoms with Crippen LogP contribution in [0.15, 0.2) is 24.3 Å². The largest absolute Gasteiger partial charge is 0.494 e. The molecule has 0 aromatic heterocycles. The topological polar surface area (TPSA) is 81.7 Å². The van der Waals surface area contributed by atoms with Crippen LogP contribution in [0.4, 0.5) is 5.69 Å². The Bertz CT molecular complexity index is 539. The second-order valence-corrected chi connectivity index (χ2v) is 6.32. The van der Waals surface area contributed by atoms with E-state index in [0.29, 0.717) is 18.0 Å². The lowest BCUT2D eigenvalue weighted by molar-refractivity contribution is -0.140. The molecule has 0 amide bonds. The Morgan fingerprint density at radius 3 is 2.48 bits per heavy atom. The van der Waals surface area contributed by atoms with Gasteiger partial charge in [-0.25, -0.2) is 8.42 Å². The third-order valence-corrected chi connectivity index (χ3v) is 3.99. The fraction of sp³-hybridized carbons (Fsp3) is 0.500. The van der Waals surface area contributed by atoms with Gasteiger partial charge in [-0.15, -0.1) is 0 Å². The number of esters is 1. The summed E-state index contributed by atoms with van der Waals surface area (Å²) in [6.45, 7) is 2.63. The summed E-state index contributed by atoms with van der Waals surface area (Å²) in [6.07, 6.45) is 1.22. The maximum atomic E-state index is 11.8. The van der Waals surface area contributed by atoms with Crippen molar-refractivity contribution in [2.75, 3.05) is 24.2 Å². The molecule has 0 atom stereocenters. The predicted molar refractivity (Wildman–Crippen MR) is 80.9 cm³/mol. The van der Waals surface area contributed by atoms with Crippen LogP contribution in [0.5, 0.6) is 5.75 Å². The van der Waals surface area contributed by atoms with E-state index >= 15 is 0 Å². The van der Waals surface area contributed by atoms with Crippen LogP contribution in [0.2, 0.25) is 0 Å². The summed E-state index contributed by atoms with van der Waals surface area (Å²) in [5.41, 5.74) is 0.469. The molecule has 1 N–H and O–H groups in total. The van der Waals surface area contributed by atoms with Crippen LogP contribution in [-0.4, -0.2) is 33.9 Å². The molecule has 0 saturated heterocycles. The van der Waals surface area contributed by atoms with E-state index in [4.69, 9.17) is 4.74 Å². The van der Waals surface area contributed by atoms with Crippen LogP contribution in [-0.2, 0) is 19.6 Å². The van der Waals surface area contributed by atoms with E-state index in [1.807, 2.05) is 6.92 Å². The molecule has 0 radical (unpaired) electrons. The van der Waals surface area contributed by atoms with E-state index in [1.54, 1.807) is 24.3 Å². The second-order valence-electron chi connectivity index (χ2n) is 4.47. The Labute approximate surface area is 125 Å². The molecule has 1 aromatic carbocycles. The molecule has 7 heteroatoms. The van der Waals surface area contributed by atoms with E-state index in [0.717, 1.165) is 6.42 Å². The fourth-order valence-electron chi connectivity index (χ4n) is 1.58. The van der Waals surface area contributed by atoms with E-state index in [9.17, 15) is 13.2 Å². The highest BCUT2D eigenvalue weighted by Gasteiger charge is 2.12. The van der Waals surface area contributed by atoms with Gasteiger partial charge in [-0.2, -0.15) is 0 Å². The number of carbonyl (C=O) groups is 1. The Kier molecular flexibility index (Phi) is 7.01. The molecule has 0 spiro atoms. The van der Waals surface area contributed by atoms with Crippen LogP contribution in [0, 0.1) is 0 Å². The molecule has 1 rings (SSSR count). The summed E-state index contributed by atoms with van der Waals surface area (Å²) in [5, 5.41) is 0. The van der Waals surface area contributed by atoms with Gasteiger partial charge in [0.1, 0.15) is 5.75 Å². The second kappa shape index (κ2) is 8.51. The van der Waals surface area contributed by atoms with Gasteiger partial charge < -0.3 is 9.47 Å². The van der Waals surface area contributed by atoms with Crippen LogP contribution < -0.4 is 9.46 Å². The Hall–Kier alpha value is -1.76. The van der Waals surface area contributed by atoms with Crippen LogP contribution in [0.25, 0.3) is 0 Å². The molecule has 21 heavy (non-hydrogen) atoms. The Morgan fingerprint density at radius 1 is 1.24 bits per heavy atom. The fourth-order valence-corrected chi connectivity index (χ4v) is 2.70. The maximum Gasteiger partial charge on any atom is 0.305 e. The molecule has 0 heterocycles. The highest BCUT2D eigenvalue weighted by Crippen LogP contribution is 2.17. The van der Waals surface area contributed by atoms with Gasteiger partial charge in [0.2, 0.25) is 10.0 Å². The van der Waals surface area contributed by atoms with Gasteiger partial charge in [0.25, 0.3) is 0 Å². The molecule has 0 saturated carbocycles. The summed E-state index contributed by atoms with van der Waals surface area (Å²) < 4.78 is 36.0. The zero-order valence-electron chi connectivity index (χ0n) is 12.3. The third-order valence-electron chi connectivity index (χ3n) is 2.62. The minimum Gasteiger partial charge on any atom is -0.494 e. The molecule has 0 aliphatic rings. The van der Waals surface area contributed by atoms with E-state index in [2.05, 4.69) is 9.46 Å². The summed E-state index contributed by atoms with van der Waals surface area (Å²) >= 11 is 0. The number of carbonyl (C=O) groups excluding carboxylic acids is 1. The standard InChI is InChI=1S/C14H21NO5S/c1-3-10-20-13-8-6-12(7-9-13)15-21(17,18)11-4-5-14(16)19-2/h6-9,15H,3-5,10-11H2,1-2H3. The summed E-state index contributed by atoms with van der Waals surface area (Å²) in [5.74, 6) is 0.157. The van der Waals surface area contributed by atoms with Crippen molar-refractivity contribution in [2.24, 2.45) is 0 Å². The summed E-state index contributed by atoms with van der Waals surface area (Å²) in [4.78, 5) is 10.9. The highest BCUT2D eigenvalue weighted by atomic mass is 32.2. The van der Waals surface area contributed by atoms with Crippen molar-refractivity contribution >= 4 is 21.7 Å². The molecule has 0 aliphatic heterocycles. The number of rotatable bonds is 9. The first-order valence-electron chi connectivity index (χ1n) is 6.77. The van der Waals surface area contributed by atoms with Crippen molar-refractivity contribution in [3.05, 3.63) is 24.3 Å². The van der Waals surface area contributed by atoms with Crippen LogP contribution in [0.3, 0.4) is 0 Å². The van der Waals surface area contributed by atoms with Crippen LogP contribution in [0.1, 0.15) is 26.2 Å². The maximum absolute atomic E-state index is 11.8. The lowest BCUT2D eigenvalue weighted by Crippen LogP contribution is -2.17. The zero-order valence-corrected chi connectivity index (χ0v) is 13.1. The molecule has 0 aliphatic carbocycles. The molecule has 118 valence electrons. The molecule has 0 fully saturated rings. The van der Waals surface area contributed by atoms with E-state index in [-0.39, 0.29) is 18.6 Å². The first-order valence-corrected chi connectivity index (χ1v) is 8.42. The van der Waals surface area contributed by atoms with E-state index in [1.165, 1.54) is 7.11 Å². The third kappa shape index (κ3) is 6.99. The van der Waals surface area contributed by atoms with Gasteiger partial charge >= 0.3 is 5.97 Å². The van der Waals surface area contributed by atoms with Crippen molar-refractivity contribution in [1.29, 1.82) is 0 Å². The smallest absolute Gasteiger partial charge is 0.305 e. The average molecular weight is 315 g/mol. The Morgan fingerprint density at radius 2 is 1.90 bits per heavy atom. The van der Waals surface area contributed by atoms with Crippen LogP contribution >= 0.6 is 0 Å². The number of anilines is 1. The first-order chi connectivity index (χ1) is 9.96. The van der Waals surface area contributed by atoms with E-state index < -0.39 is 16.0 Å². The van der Waals surface area contributed by atoms with Gasteiger partial charge in [-0.1, -0.05) is 6.92 Å². The van der Waals surface area contributed by atoms with Gasteiger partial charge in [0.05, 0.1) is 19.5 Å². The Balaban J connectivity index is 2.49. The van der Waals surface area contributed by atoms with Gasteiger partial charge in [0.15, 0.2) is 0 Å². The number of nitrogens with one attached hydrogen (secondary N) is 1. The number of methoxy groups -OCH3 is 1. The average Bonchev–Trinajstić information content (AvgIpc) is 2.45. The molecule has 6 nitrogen and oxygen atoms in total. The van der Waals surface area contributed by atoms with Crippen molar-refractivity contribution in [2.45, 2.75) is 26.2 Å². The summed E-state index contributed by atoms with van der Waals surface area (Å²) in [7, 11) is -2.19. The number of hydrogen-bond acceptors (Lipinski definition) is 5. The summed E-state index contributed by atoms with van der Waals surface area (Å²) in [6, 6.07) is 6.70. The minimum atomic E-state index is -3.47. The normalized spacial score (nSPS) is 11.0. The van der Waals surface area contributed by atoms with Gasteiger partial charge in [-0.05, 0) is 37.1 Å². The highest BCUT2D eigenvalue weighted by molar-refractivity contribution is 7.92. The van der Waals surface area contributed by atoms with Crippen molar-refractivity contribution in [1.82, 2.24) is 0 Å². The number of ether oxygens (including phenoxy) is 2. The lowest BCUT2D eigenvalue weighted by Gasteiger charge is -2.09. The number of benzene rings is 1. The van der Waals surface area contributed by atoms with Crippen molar-refractivity contribution in [3.8, 4) is 5.75 Å². The molecule has 0 bridgehead atoms. The SMILES string of the molecule is CCCOc1ccc(NS(=O)(=O)CCCC(=O)OC)cc1. The van der Waals surface area contributed by atoms with Gasteiger partial charge in [-0.3, -0.25) is 9.52 Å². The van der Waals surface area contributed by atoms with Crippen molar-refractivity contribution in [3.63, 3.8) is 0 Å². The van der Waals surface area contributed by atoms with Gasteiger partial charge in [0, 0.05) is 12.1 Å². The quantitative estimate of drug-likeness (QED) is 0.706.